The molecule has 3 nitrogen and oxygen atoms in total. The summed E-state index contributed by atoms with van der Waals surface area (Å²) in [6, 6.07) is 7.52. The van der Waals surface area contributed by atoms with Crippen molar-refractivity contribution < 1.29 is 0 Å². The smallest absolute Gasteiger partial charge is 0.101 e. The zero-order chi connectivity index (χ0) is 12.6. The SMILES string of the molecule is CC(C)(C)c1nc2cc(C#N)c(C#N)cc2s1. The fraction of sp³-hybridized carbons (Fsp3) is 0.308. The minimum atomic E-state index is -0.0106. The second-order valence-corrected chi connectivity index (χ2v) is 5.89. The molecule has 17 heavy (non-hydrogen) atoms. The van der Waals surface area contributed by atoms with Crippen LogP contribution in [0.1, 0.15) is 36.9 Å². The molecule has 0 unspecified atom stereocenters. The first kappa shape index (κ1) is 11.6. The molecule has 2 rings (SSSR count). The topological polar surface area (TPSA) is 60.5 Å². The molecule has 0 fully saturated rings. The van der Waals surface area contributed by atoms with E-state index in [1.54, 1.807) is 23.5 Å². The van der Waals surface area contributed by atoms with Gasteiger partial charge in [0.25, 0.3) is 0 Å². The number of aromatic nitrogens is 1. The van der Waals surface area contributed by atoms with Crippen LogP contribution in [0.4, 0.5) is 0 Å². The summed E-state index contributed by atoms with van der Waals surface area (Å²) in [4.78, 5) is 4.53. The lowest BCUT2D eigenvalue weighted by atomic mass is 9.98. The molecule has 1 aromatic carbocycles. The highest BCUT2D eigenvalue weighted by Gasteiger charge is 2.19. The van der Waals surface area contributed by atoms with Gasteiger partial charge >= 0.3 is 0 Å². The van der Waals surface area contributed by atoms with E-state index in [0.29, 0.717) is 11.1 Å². The molecular weight excluding hydrogens is 230 g/mol. The zero-order valence-electron chi connectivity index (χ0n) is 9.90. The Morgan fingerprint density at radius 3 is 2.24 bits per heavy atom. The van der Waals surface area contributed by atoms with Crippen LogP contribution in [0.25, 0.3) is 10.2 Å². The lowest BCUT2D eigenvalue weighted by molar-refractivity contribution is 0.587. The van der Waals surface area contributed by atoms with Gasteiger partial charge in [-0.15, -0.1) is 11.3 Å². The summed E-state index contributed by atoms with van der Waals surface area (Å²) in [7, 11) is 0. The summed E-state index contributed by atoms with van der Waals surface area (Å²) in [5.41, 5.74) is 1.61. The van der Waals surface area contributed by atoms with E-state index in [0.717, 1.165) is 15.2 Å². The number of nitrogens with zero attached hydrogens (tertiary/aromatic N) is 3. The first-order chi connectivity index (χ1) is 7.95. The fourth-order valence-corrected chi connectivity index (χ4v) is 2.52. The highest BCUT2D eigenvalue weighted by molar-refractivity contribution is 7.18. The van der Waals surface area contributed by atoms with Gasteiger partial charge in [0.2, 0.25) is 0 Å². The molecule has 2 aromatic rings. The third-order valence-electron chi connectivity index (χ3n) is 2.41. The Balaban J connectivity index is 2.72. The molecule has 4 heteroatoms. The maximum Gasteiger partial charge on any atom is 0.101 e. The predicted octanol–water partition coefficient (Wildman–Crippen LogP) is 3.34. The molecule has 0 atom stereocenters. The molecule has 0 bridgehead atoms. The highest BCUT2D eigenvalue weighted by Crippen LogP contribution is 2.32. The van der Waals surface area contributed by atoms with E-state index < -0.39 is 0 Å². The first-order valence-corrected chi connectivity index (χ1v) is 6.02. The molecule has 1 heterocycles. The Bertz CT molecular complexity index is 612. The van der Waals surface area contributed by atoms with Gasteiger partial charge in [-0.1, -0.05) is 20.8 Å². The van der Waals surface area contributed by atoms with Crippen LogP contribution in [0.5, 0.6) is 0 Å². The molecule has 1 aromatic heterocycles. The monoisotopic (exact) mass is 241 g/mol. The van der Waals surface area contributed by atoms with Crippen LogP contribution in [-0.4, -0.2) is 4.98 Å². The molecule has 0 saturated carbocycles. The van der Waals surface area contributed by atoms with Gasteiger partial charge in [-0.05, 0) is 12.1 Å². The molecule has 0 aliphatic rings. The van der Waals surface area contributed by atoms with Crippen LogP contribution in [-0.2, 0) is 5.41 Å². The number of rotatable bonds is 0. The molecule has 0 amide bonds. The molecule has 0 spiro atoms. The number of hydrogen-bond acceptors (Lipinski definition) is 4. The van der Waals surface area contributed by atoms with Crippen molar-refractivity contribution in [2.24, 2.45) is 0 Å². The largest absolute Gasteiger partial charge is 0.241 e. The third-order valence-corrected chi connectivity index (χ3v) is 3.85. The van der Waals surface area contributed by atoms with Crippen LogP contribution in [0, 0.1) is 22.7 Å². The average Bonchev–Trinajstić information content (AvgIpc) is 2.69. The Kier molecular flexibility index (Phi) is 2.61. The minimum absolute atomic E-state index is 0.0106. The maximum absolute atomic E-state index is 8.96. The van der Waals surface area contributed by atoms with Crippen LogP contribution in [0.3, 0.4) is 0 Å². The van der Waals surface area contributed by atoms with Gasteiger partial charge in [0.05, 0.1) is 26.4 Å². The first-order valence-electron chi connectivity index (χ1n) is 5.21. The van der Waals surface area contributed by atoms with Crippen molar-refractivity contribution in [1.29, 1.82) is 10.5 Å². The minimum Gasteiger partial charge on any atom is -0.241 e. The molecule has 0 aliphatic heterocycles. The number of nitriles is 2. The van der Waals surface area contributed by atoms with E-state index in [1.807, 2.05) is 12.1 Å². The van der Waals surface area contributed by atoms with Crippen molar-refractivity contribution in [3.8, 4) is 12.1 Å². The standard InChI is InChI=1S/C13H11N3S/c1-13(2,3)12-16-10-4-8(6-14)9(7-15)5-11(10)17-12/h4-5H,1-3H3. The quantitative estimate of drug-likeness (QED) is 0.710. The summed E-state index contributed by atoms with van der Waals surface area (Å²) >= 11 is 1.58. The molecule has 0 saturated heterocycles. The molecule has 0 N–H and O–H groups in total. The Hall–Kier alpha value is -1.91. The van der Waals surface area contributed by atoms with E-state index in [4.69, 9.17) is 10.5 Å². The predicted molar refractivity (Wildman–Crippen MR) is 67.8 cm³/mol. The highest BCUT2D eigenvalue weighted by atomic mass is 32.1. The Labute approximate surface area is 104 Å². The molecule has 0 aliphatic carbocycles. The maximum atomic E-state index is 8.96. The lowest BCUT2D eigenvalue weighted by Gasteiger charge is -2.13. The second-order valence-electron chi connectivity index (χ2n) is 4.86. The Morgan fingerprint density at radius 2 is 1.71 bits per heavy atom. The third kappa shape index (κ3) is 2.00. The Morgan fingerprint density at radius 1 is 1.12 bits per heavy atom. The summed E-state index contributed by atoms with van der Waals surface area (Å²) in [6.07, 6.45) is 0. The van der Waals surface area contributed by atoms with Gasteiger partial charge in [-0.2, -0.15) is 10.5 Å². The van der Waals surface area contributed by atoms with E-state index in [-0.39, 0.29) is 5.41 Å². The van der Waals surface area contributed by atoms with E-state index in [1.165, 1.54) is 0 Å². The van der Waals surface area contributed by atoms with Crippen molar-refractivity contribution in [1.82, 2.24) is 4.98 Å². The van der Waals surface area contributed by atoms with Crippen molar-refractivity contribution in [3.05, 3.63) is 28.3 Å². The summed E-state index contributed by atoms with van der Waals surface area (Å²) in [5.74, 6) is 0. The van der Waals surface area contributed by atoms with E-state index >= 15 is 0 Å². The van der Waals surface area contributed by atoms with Gasteiger partial charge in [-0.3, -0.25) is 0 Å². The number of fused-ring (bicyclic) bond motifs is 1. The van der Waals surface area contributed by atoms with Crippen LogP contribution >= 0.6 is 11.3 Å². The van der Waals surface area contributed by atoms with Crippen LogP contribution < -0.4 is 0 Å². The summed E-state index contributed by atoms with van der Waals surface area (Å²) < 4.78 is 0.963. The number of thiazole rings is 1. The summed E-state index contributed by atoms with van der Waals surface area (Å²) in [5, 5.41) is 18.9. The van der Waals surface area contributed by atoms with Crippen molar-refractivity contribution in [2.75, 3.05) is 0 Å². The number of hydrogen-bond donors (Lipinski definition) is 0. The van der Waals surface area contributed by atoms with E-state index in [2.05, 4.69) is 25.8 Å². The zero-order valence-corrected chi connectivity index (χ0v) is 10.7. The molecule has 84 valence electrons. The van der Waals surface area contributed by atoms with Crippen LogP contribution in [0.2, 0.25) is 0 Å². The van der Waals surface area contributed by atoms with Crippen LogP contribution in [0.15, 0.2) is 12.1 Å². The van der Waals surface area contributed by atoms with Gasteiger partial charge < -0.3 is 0 Å². The normalized spacial score (nSPS) is 11.1. The van der Waals surface area contributed by atoms with Gasteiger partial charge in [-0.25, -0.2) is 4.98 Å². The fourth-order valence-electron chi connectivity index (χ4n) is 1.48. The van der Waals surface area contributed by atoms with E-state index in [9.17, 15) is 0 Å². The van der Waals surface area contributed by atoms with Gasteiger partial charge in [0.15, 0.2) is 0 Å². The van der Waals surface area contributed by atoms with Gasteiger partial charge in [0, 0.05) is 5.41 Å². The average molecular weight is 241 g/mol. The van der Waals surface area contributed by atoms with Crippen molar-refractivity contribution >= 4 is 21.6 Å². The van der Waals surface area contributed by atoms with Gasteiger partial charge in [0.1, 0.15) is 12.1 Å². The lowest BCUT2D eigenvalue weighted by Crippen LogP contribution is -2.09. The summed E-state index contributed by atoms with van der Waals surface area (Å²) in [6.45, 7) is 6.30. The van der Waals surface area contributed by atoms with Crippen molar-refractivity contribution in [2.45, 2.75) is 26.2 Å². The number of benzene rings is 1. The molecule has 0 radical (unpaired) electrons. The second kappa shape index (κ2) is 3.84. The molecular formula is C13H11N3S. The van der Waals surface area contributed by atoms with Crippen molar-refractivity contribution in [3.63, 3.8) is 0 Å².